The van der Waals surface area contributed by atoms with Gasteiger partial charge in [0.25, 0.3) is 5.79 Å². The molecule has 3 aromatic rings. The molecule has 2 aliphatic rings. The number of ether oxygens (including phenoxy) is 2. The standard InChI is InChI=1S/C24H22F2N2O4/c25-15-4-6-17(18(26)12-15)21-14-27-23(30-21)9-8-22(29)28-16-5-7-19-20(13-16)32-24(31-19)10-2-1-3-11-24/h4-7,12-14H,1-3,8-11H2,(H,28,29). The number of carbonyl (C=O) groups is 1. The van der Waals surface area contributed by atoms with Crippen molar-refractivity contribution in [3.63, 3.8) is 0 Å². The fraction of sp³-hybridized carbons (Fsp3) is 0.333. The lowest BCUT2D eigenvalue weighted by Gasteiger charge is -2.31. The molecule has 1 aliphatic carbocycles. The molecule has 1 saturated carbocycles. The molecule has 2 heterocycles. The molecule has 0 atom stereocenters. The summed E-state index contributed by atoms with van der Waals surface area (Å²) < 4.78 is 44.7. The van der Waals surface area contributed by atoms with Crippen LogP contribution in [-0.2, 0) is 11.2 Å². The summed E-state index contributed by atoms with van der Waals surface area (Å²) in [5.41, 5.74) is 0.734. The maximum absolute atomic E-state index is 13.9. The fourth-order valence-corrected chi connectivity index (χ4v) is 4.15. The van der Waals surface area contributed by atoms with Crippen LogP contribution in [0.5, 0.6) is 11.5 Å². The quantitative estimate of drug-likeness (QED) is 0.557. The molecule has 1 aliphatic heterocycles. The number of hydrogen-bond acceptors (Lipinski definition) is 5. The van der Waals surface area contributed by atoms with Gasteiger partial charge in [-0.1, -0.05) is 6.42 Å². The van der Waals surface area contributed by atoms with Crippen molar-refractivity contribution in [1.29, 1.82) is 0 Å². The highest BCUT2D eigenvalue weighted by molar-refractivity contribution is 5.91. The Kier molecular flexibility index (Phi) is 5.28. The van der Waals surface area contributed by atoms with Gasteiger partial charge in [-0.2, -0.15) is 0 Å². The SMILES string of the molecule is O=C(CCc1ncc(-c2ccc(F)cc2F)o1)Nc1ccc2c(c1)OC1(CCCCC1)O2. The number of aromatic nitrogens is 1. The largest absolute Gasteiger partial charge is 0.448 e. The molecule has 1 fully saturated rings. The molecule has 5 rings (SSSR count). The highest BCUT2D eigenvalue weighted by atomic mass is 19.1. The maximum atomic E-state index is 13.9. The number of aryl methyl sites for hydroxylation is 1. The number of anilines is 1. The molecule has 1 aromatic heterocycles. The second-order valence-electron chi connectivity index (χ2n) is 8.13. The van der Waals surface area contributed by atoms with E-state index >= 15 is 0 Å². The summed E-state index contributed by atoms with van der Waals surface area (Å²) >= 11 is 0. The Morgan fingerprint density at radius 2 is 1.84 bits per heavy atom. The van der Waals surface area contributed by atoms with Crippen molar-refractivity contribution in [3.8, 4) is 22.8 Å². The smallest absolute Gasteiger partial charge is 0.251 e. The number of nitrogens with one attached hydrogen (secondary N) is 1. The van der Waals surface area contributed by atoms with Gasteiger partial charge in [-0.15, -0.1) is 0 Å². The number of carbonyl (C=O) groups excluding carboxylic acids is 1. The Morgan fingerprint density at radius 1 is 1.03 bits per heavy atom. The predicted molar refractivity (Wildman–Crippen MR) is 112 cm³/mol. The van der Waals surface area contributed by atoms with Crippen LogP contribution in [0.1, 0.15) is 44.4 Å². The minimum atomic E-state index is -0.733. The van der Waals surface area contributed by atoms with Gasteiger partial charge in [0, 0.05) is 43.5 Å². The zero-order valence-corrected chi connectivity index (χ0v) is 17.3. The number of rotatable bonds is 5. The van der Waals surface area contributed by atoms with Crippen molar-refractivity contribution < 1.29 is 27.5 Å². The third-order valence-corrected chi connectivity index (χ3v) is 5.75. The van der Waals surface area contributed by atoms with Crippen LogP contribution in [0.3, 0.4) is 0 Å². The fourth-order valence-electron chi connectivity index (χ4n) is 4.15. The molecular weight excluding hydrogens is 418 g/mol. The van der Waals surface area contributed by atoms with Crippen LogP contribution in [0.2, 0.25) is 0 Å². The Hall–Kier alpha value is -3.42. The number of benzene rings is 2. The van der Waals surface area contributed by atoms with Crippen LogP contribution < -0.4 is 14.8 Å². The molecule has 1 N–H and O–H groups in total. The molecule has 32 heavy (non-hydrogen) atoms. The van der Waals surface area contributed by atoms with E-state index in [9.17, 15) is 13.6 Å². The summed E-state index contributed by atoms with van der Waals surface area (Å²) in [5, 5.41) is 2.84. The number of oxazole rings is 1. The van der Waals surface area contributed by atoms with Gasteiger partial charge in [-0.25, -0.2) is 13.8 Å². The first-order valence-corrected chi connectivity index (χ1v) is 10.7. The Morgan fingerprint density at radius 3 is 2.66 bits per heavy atom. The van der Waals surface area contributed by atoms with Crippen LogP contribution >= 0.6 is 0 Å². The highest BCUT2D eigenvalue weighted by Crippen LogP contribution is 2.46. The summed E-state index contributed by atoms with van der Waals surface area (Å²) in [7, 11) is 0. The Balaban J connectivity index is 1.18. The normalized spacial score (nSPS) is 16.3. The molecule has 8 heteroatoms. The predicted octanol–water partition coefficient (Wildman–Crippen LogP) is 5.62. The van der Waals surface area contributed by atoms with E-state index in [-0.39, 0.29) is 30.1 Å². The summed E-state index contributed by atoms with van der Waals surface area (Å²) in [4.78, 5) is 16.5. The average molecular weight is 440 g/mol. The van der Waals surface area contributed by atoms with Crippen LogP contribution in [-0.4, -0.2) is 16.7 Å². The lowest BCUT2D eigenvalue weighted by atomic mass is 9.94. The lowest BCUT2D eigenvalue weighted by molar-refractivity contribution is -0.116. The van der Waals surface area contributed by atoms with Crippen LogP contribution in [0.25, 0.3) is 11.3 Å². The van der Waals surface area contributed by atoms with Crippen molar-refractivity contribution in [2.24, 2.45) is 0 Å². The molecule has 0 bridgehead atoms. The van der Waals surface area contributed by atoms with E-state index in [4.69, 9.17) is 13.9 Å². The molecule has 1 spiro atoms. The summed E-state index contributed by atoms with van der Waals surface area (Å²) in [6.45, 7) is 0. The summed E-state index contributed by atoms with van der Waals surface area (Å²) in [5.74, 6) is -0.356. The molecule has 166 valence electrons. The lowest BCUT2D eigenvalue weighted by Crippen LogP contribution is -2.40. The van der Waals surface area contributed by atoms with Gasteiger partial charge < -0.3 is 19.2 Å². The van der Waals surface area contributed by atoms with Gasteiger partial charge >= 0.3 is 0 Å². The molecular formula is C24H22F2N2O4. The first-order chi connectivity index (χ1) is 15.5. The Bertz CT molecular complexity index is 1150. The maximum Gasteiger partial charge on any atom is 0.251 e. The van der Waals surface area contributed by atoms with Gasteiger partial charge in [0.15, 0.2) is 23.1 Å². The topological polar surface area (TPSA) is 73.6 Å². The van der Waals surface area contributed by atoms with Gasteiger partial charge in [-0.3, -0.25) is 4.79 Å². The van der Waals surface area contributed by atoms with Gasteiger partial charge in [0.1, 0.15) is 11.6 Å². The van der Waals surface area contributed by atoms with Crippen molar-refractivity contribution in [3.05, 3.63) is 60.1 Å². The highest BCUT2D eigenvalue weighted by Gasteiger charge is 2.42. The number of fused-ring (bicyclic) bond motifs is 1. The second-order valence-corrected chi connectivity index (χ2v) is 8.13. The third kappa shape index (κ3) is 4.17. The third-order valence-electron chi connectivity index (χ3n) is 5.75. The number of nitrogens with zero attached hydrogens (tertiary/aromatic N) is 1. The minimum Gasteiger partial charge on any atom is -0.448 e. The van der Waals surface area contributed by atoms with Gasteiger partial charge in [-0.05, 0) is 37.1 Å². The monoisotopic (exact) mass is 440 g/mol. The molecule has 0 radical (unpaired) electrons. The van der Waals surface area contributed by atoms with Crippen LogP contribution in [0, 0.1) is 11.6 Å². The van der Waals surface area contributed by atoms with E-state index in [0.29, 0.717) is 23.1 Å². The van der Waals surface area contributed by atoms with E-state index in [1.54, 1.807) is 12.1 Å². The first-order valence-electron chi connectivity index (χ1n) is 10.7. The van der Waals surface area contributed by atoms with Crippen molar-refractivity contribution >= 4 is 11.6 Å². The zero-order chi connectivity index (χ0) is 22.1. The van der Waals surface area contributed by atoms with E-state index < -0.39 is 17.4 Å². The molecule has 2 aromatic carbocycles. The van der Waals surface area contributed by atoms with Crippen molar-refractivity contribution in [1.82, 2.24) is 4.98 Å². The van der Waals surface area contributed by atoms with Crippen molar-refractivity contribution in [2.75, 3.05) is 5.32 Å². The van der Waals surface area contributed by atoms with E-state index in [1.165, 1.54) is 18.7 Å². The zero-order valence-electron chi connectivity index (χ0n) is 17.3. The number of amides is 1. The molecule has 0 saturated heterocycles. The molecule has 0 unspecified atom stereocenters. The number of hydrogen-bond donors (Lipinski definition) is 1. The average Bonchev–Trinajstić information content (AvgIpc) is 3.37. The first kappa shape index (κ1) is 20.5. The van der Waals surface area contributed by atoms with Gasteiger partial charge in [0.2, 0.25) is 5.91 Å². The van der Waals surface area contributed by atoms with Crippen molar-refractivity contribution in [2.45, 2.75) is 50.7 Å². The number of halogens is 2. The van der Waals surface area contributed by atoms with Gasteiger partial charge in [0.05, 0.1) is 11.8 Å². The van der Waals surface area contributed by atoms with E-state index in [2.05, 4.69) is 10.3 Å². The van der Waals surface area contributed by atoms with Crippen LogP contribution in [0.15, 0.2) is 47.0 Å². The van der Waals surface area contributed by atoms with E-state index in [1.807, 2.05) is 6.07 Å². The summed E-state index contributed by atoms with van der Waals surface area (Å²) in [6.07, 6.45) is 6.81. The van der Waals surface area contributed by atoms with Crippen LogP contribution in [0.4, 0.5) is 14.5 Å². The minimum absolute atomic E-state index is 0.116. The second kappa shape index (κ2) is 8.26. The Labute approximate surface area is 183 Å². The molecule has 6 nitrogen and oxygen atoms in total. The summed E-state index contributed by atoms with van der Waals surface area (Å²) in [6, 6.07) is 8.59. The molecule has 1 amide bonds. The van der Waals surface area contributed by atoms with E-state index in [0.717, 1.165) is 37.8 Å².